The zero-order valence-electron chi connectivity index (χ0n) is 19.9. The van der Waals surface area contributed by atoms with Gasteiger partial charge in [-0.25, -0.2) is 14.4 Å². The van der Waals surface area contributed by atoms with E-state index in [2.05, 4.69) is 27.0 Å². The van der Waals surface area contributed by atoms with Crippen molar-refractivity contribution >= 4 is 23.9 Å². The molecule has 0 radical (unpaired) electrons. The molecule has 36 heavy (non-hydrogen) atoms. The van der Waals surface area contributed by atoms with Crippen molar-refractivity contribution in [1.82, 2.24) is 10.6 Å². The lowest BCUT2D eigenvalue weighted by atomic mass is 9.95. The number of halogens is 3. The number of alkyl carbamates (subject to hydrolysis) is 1. The average Bonchev–Trinajstić information content (AvgIpc) is 2.75. The van der Waals surface area contributed by atoms with Crippen LogP contribution in [0.2, 0.25) is 0 Å². The van der Waals surface area contributed by atoms with Crippen LogP contribution in [0.1, 0.15) is 58.8 Å². The molecule has 0 aromatic rings. The van der Waals surface area contributed by atoms with Crippen molar-refractivity contribution in [1.29, 1.82) is 0 Å². The third-order valence-electron chi connectivity index (χ3n) is 4.99. The molecule has 0 bridgehead atoms. The molecule has 1 aliphatic rings. The van der Waals surface area contributed by atoms with E-state index < -0.39 is 72.9 Å². The van der Waals surface area contributed by atoms with Crippen molar-refractivity contribution in [2.45, 2.75) is 89.1 Å². The van der Waals surface area contributed by atoms with E-state index in [0.29, 0.717) is 6.42 Å². The molecule has 0 spiro atoms. The predicted octanol–water partition coefficient (Wildman–Crippen LogP) is 0.848. The van der Waals surface area contributed by atoms with E-state index in [4.69, 9.17) is 10.5 Å². The zero-order valence-corrected chi connectivity index (χ0v) is 19.9. The van der Waals surface area contributed by atoms with E-state index in [0.717, 1.165) is 38.7 Å². The van der Waals surface area contributed by atoms with Crippen LogP contribution >= 0.6 is 0 Å². The van der Waals surface area contributed by atoms with Crippen molar-refractivity contribution in [3.8, 4) is 0 Å². The van der Waals surface area contributed by atoms with Crippen molar-refractivity contribution in [3.05, 3.63) is 11.8 Å². The largest absolute Gasteiger partial charge is 0.491 e. The van der Waals surface area contributed by atoms with Gasteiger partial charge in [-0.2, -0.15) is 13.2 Å². The Bertz CT molecular complexity index is 818. The summed E-state index contributed by atoms with van der Waals surface area (Å²) in [5.74, 6) is -8.98. The van der Waals surface area contributed by atoms with Crippen LogP contribution in [0.4, 0.5) is 18.0 Å². The summed E-state index contributed by atoms with van der Waals surface area (Å²) in [7, 11) is 0. The summed E-state index contributed by atoms with van der Waals surface area (Å²) < 4.78 is 50.7. The summed E-state index contributed by atoms with van der Waals surface area (Å²) in [5.41, 5.74) is 5.87. The number of hydrogen-bond acceptors (Lipinski definition) is 10. The Morgan fingerprint density at radius 3 is 2.36 bits per heavy atom. The second kappa shape index (κ2) is 14.0. The molecule has 0 saturated heterocycles. The molecule has 0 unspecified atom stereocenters. The third-order valence-corrected chi connectivity index (χ3v) is 4.99. The molecule has 15 heteroatoms. The SMILES string of the molecule is CCCCCCCNC(=O)OC(O)(O)CC[C@H]1OC(C(=O)OC(=O)C(F)(F)F)=C[C@H](N)[C@H]1NC(C)=O. The highest BCUT2D eigenvalue weighted by atomic mass is 19.4. The van der Waals surface area contributed by atoms with Crippen LogP contribution in [0.3, 0.4) is 0 Å². The molecule has 1 rings (SSSR count). The summed E-state index contributed by atoms with van der Waals surface area (Å²) >= 11 is 0. The first-order valence-corrected chi connectivity index (χ1v) is 11.3. The number of alkyl halides is 3. The second-order valence-electron chi connectivity index (χ2n) is 8.18. The van der Waals surface area contributed by atoms with Crippen LogP contribution in [-0.2, 0) is 28.6 Å². The summed E-state index contributed by atoms with van der Waals surface area (Å²) in [6.45, 7) is 3.44. The molecule has 1 aliphatic heterocycles. The molecule has 3 atom stereocenters. The molecular formula is C21H32F3N3O9. The quantitative estimate of drug-likeness (QED) is 0.105. The monoisotopic (exact) mass is 527 g/mol. The van der Waals surface area contributed by atoms with E-state index in [1.165, 1.54) is 0 Å². The maximum absolute atomic E-state index is 12.4. The predicted molar refractivity (Wildman–Crippen MR) is 115 cm³/mol. The van der Waals surface area contributed by atoms with E-state index in [9.17, 15) is 42.6 Å². The molecule has 1 heterocycles. The molecule has 206 valence electrons. The summed E-state index contributed by atoms with van der Waals surface area (Å²) in [6, 6.07) is -2.26. The Kier molecular flexibility index (Phi) is 12.1. The maximum atomic E-state index is 12.4. The lowest BCUT2D eigenvalue weighted by Gasteiger charge is -2.36. The van der Waals surface area contributed by atoms with Gasteiger partial charge in [0, 0.05) is 19.9 Å². The fraction of sp³-hybridized carbons (Fsp3) is 0.714. The van der Waals surface area contributed by atoms with E-state index in [1.54, 1.807) is 0 Å². The first kappa shape index (κ1) is 31.1. The van der Waals surface area contributed by atoms with Crippen LogP contribution in [0.25, 0.3) is 0 Å². The highest BCUT2D eigenvalue weighted by molar-refractivity contribution is 5.96. The number of rotatable bonds is 12. The zero-order chi connectivity index (χ0) is 27.5. The molecule has 2 amide bonds. The number of esters is 2. The highest BCUT2D eigenvalue weighted by Gasteiger charge is 2.44. The number of carbonyl (C=O) groups excluding carboxylic acids is 4. The number of unbranched alkanes of at least 4 members (excludes halogenated alkanes) is 4. The van der Waals surface area contributed by atoms with Gasteiger partial charge in [0.15, 0.2) is 0 Å². The van der Waals surface area contributed by atoms with Gasteiger partial charge in [-0.05, 0) is 18.9 Å². The van der Waals surface area contributed by atoms with Crippen molar-refractivity contribution in [2.75, 3.05) is 6.54 Å². The number of ether oxygens (including phenoxy) is 3. The second-order valence-corrected chi connectivity index (χ2v) is 8.18. The minimum Gasteiger partial charge on any atom is -0.481 e. The van der Waals surface area contributed by atoms with E-state index >= 15 is 0 Å². The van der Waals surface area contributed by atoms with Gasteiger partial charge in [0.05, 0.1) is 12.1 Å². The van der Waals surface area contributed by atoms with Gasteiger partial charge in [-0.15, -0.1) is 0 Å². The minimum atomic E-state index is -5.44. The Hall–Kier alpha value is -2.91. The van der Waals surface area contributed by atoms with E-state index in [-0.39, 0.29) is 6.54 Å². The topological polar surface area (TPSA) is 187 Å². The van der Waals surface area contributed by atoms with Gasteiger partial charge in [-0.3, -0.25) is 4.79 Å². The highest BCUT2D eigenvalue weighted by Crippen LogP contribution is 2.26. The lowest BCUT2D eigenvalue weighted by molar-refractivity contribution is -0.312. The molecular weight excluding hydrogens is 495 g/mol. The number of amides is 2. The number of aliphatic hydroxyl groups is 2. The van der Waals surface area contributed by atoms with Gasteiger partial charge < -0.3 is 40.8 Å². The maximum Gasteiger partial charge on any atom is 0.491 e. The first-order chi connectivity index (χ1) is 16.7. The van der Waals surface area contributed by atoms with Crippen LogP contribution in [0.5, 0.6) is 0 Å². The Balaban J connectivity index is 2.76. The van der Waals surface area contributed by atoms with Gasteiger partial charge in [-0.1, -0.05) is 32.6 Å². The summed E-state index contributed by atoms with van der Waals surface area (Å²) in [4.78, 5) is 46.2. The number of nitrogens with two attached hydrogens (primary N) is 1. The normalized spacial score (nSPS) is 20.0. The van der Waals surface area contributed by atoms with Crippen molar-refractivity contribution in [3.63, 3.8) is 0 Å². The van der Waals surface area contributed by atoms with Crippen molar-refractivity contribution in [2.24, 2.45) is 5.73 Å². The van der Waals surface area contributed by atoms with Gasteiger partial charge in [0.1, 0.15) is 6.10 Å². The Labute approximate surface area is 205 Å². The standard InChI is InChI=1S/C21H32F3N3O9/c1-3-4-5-6-7-10-26-19(31)36-20(32,33)9-8-14-16(27-12(2)28)13(25)11-15(34-14)17(29)35-18(30)21(22,23)24/h11,13-14,16,32-33H,3-10,25H2,1-2H3,(H,26,31)(H,27,28)/t13-,14+,16+/m0/s1. The molecule has 0 fully saturated rings. The van der Waals surface area contributed by atoms with Crippen molar-refractivity contribution < 1.29 is 56.8 Å². The lowest BCUT2D eigenvalue weighted by Crippen LogP contribution is -2.57. The van der Waals surface area contributed by atoms with Gasteiger partial charge >= 0.3 is 30.2 Å². The molecule has 0 aromatic carbocycles. The average molecular weight is 527 g/mol. The molecule has 0 aliphatic carbocycles. The molecule has 12 nitrogen and oxygen atoms in total. The number of hydrogen-bond donors (Lipinski definition) is 5. The molecule has 0 saturated carbocycles. The fourth-order valence-corrected chi connectivity index (χ4v) is 3.26. The van der Waals surface area contributed by atoms with Crippen LogP contribution < -0.4 is 16.4 Å². The number of nitrogens with one attached hydrogen (secondary N) is 2. The summed E-state index contributed by atoms with van der Waals surface area (Å²) in [6.07, 6.45) is -3.49. The smallest absolute Gasteiger partial charge is 0.481 e. The Morgan fingerprint density at radius 1 is 1.14 bits per heavy atom. The van der Waals surface area contributed by atoms with Gasteiger partial charge in [0.25, 0.3) is 0 Å². The number of carbonyl (C=O) groups is 4. The fourth-order valence-electron chi connectivity index (χ4n) is 3.26. The third kappa shape index (κ3) is 11.2. The van der Waals surface area contributed by atoms with Crippen LogP contribution in [0.15, 0.2) is 11.8 Å². The van der Waals surface area contributed by atoms with Crippen LogP contribution in [-0.4, -0.2) is 71.0 Å². The van der Waals surface area contributed by atoms with E-state index in [1.807, 2.05) is 0 Å². The molecule has 0 aromatic heterocycles. The summed E-state index contributed by atoms with van der Waals surface area (Å²) in [5, 5.41) is 24.8. The Morgan fingerprint density at radius 2 is 1.78 bits per heavy atom. The van der Waals surface area contributed by atoms with Crippen LogP contribution in [0, 0.1) is 0 Å². The molecule has 6 N–H and O–H groups in total. The first-order valence-electron chi connectivity index (χ1n) is 11.3. The van der Waals surface area contributed by atoms with Gasteiger partial charge in [0.2, 0.25) is 11.7 Å². The minimum absolute atomic E-state index is 0.247.